The summed E-state index contributed by atoms with van der Waals surface area (Å²) < 4.78 is 55.8. The number of carbonyl (C=O) groups excluding carboxylic acids is 1. The lowest BCUT2D eigenvalue weighted by Crippen LogP contribution is -2.40. The molecule has 1 amide bonds. The summed E-state index contributed by atoms with van der Waals surface area (Å²) in [5.41, 5.74) is -0.164. The fourth-order valence-corrected chi connectivity index (χ4v) is 3.66. The van der Waals surface area contributed by atoms with Gasteiger partial charge in [-0.1, -0.05) is 6.07 Å². The van der Waals surface area contributed by atoms with Crippen molar-refractivity contribution < 1.29 is 26.7 Å². The van der Waals surface area contributed by atoms with Crippen molar-refractivity contribution in [1.82, 2.24) is 4.72 Å². The average molecular weight is 398 g/mol. The first-order valence-corrected chi connectivity index (χ1v) is 9.45. The third-order valence-electron chi connectivity index (χ3n) is 3.18. The molecule has 6 nitrogen and oxygen atoms in total. The Morgan fingerprint density at radius 3 is 2.26 bits per heavy atom. The van der Waals surface area contributed by atoms with Crippen molar-refractivity contribution >= 4 is 21.6 Å². The van der Waals surface area contributed by atoms with Crippen molar-refractivity contribution in [3.63, 3.8) is 0 Å². The molecular weight excluding hydrogens is 378 g/mol. The van der Waals surface area contributed by atoms with Gasteiger partial charge >= 0.3 is 6.61 Å². The molecule has 0 atom stereocenters. The number of halogens is 2. The van der Waals surface area contributed by atoms with Crippen LogP contribution >= 0.6 is 0 Å². The first-order valence-electron chi connectivity index (χ1n) is 7.96. The van der Waals surface area contributed by atoms with E-state index in [9.17, 15) is 22.0 Å². The van der Waals surface area contributed by atoms with Crippen LogP contribution in [0.4, 0.5) is 14.5 Å². The molecule has 0 spiro atoms. The Labute approximate surface area is 156 Å². The van der Waals surface area contributed by atoms with Crippen molar-refractivity contribution in [2.75, 3.05) is 5.32 Å². The van der Waals surface area contributed by atoms with Crippen molar-refractivity contribution in [1.29, 1.82) is 0 Å². The maximum absolute atomic E-state index is 12.4. The molecular formula is C18H20F2N2O4S. The Bertz CT molecular complexity index is 908. The Morgan fingerprint density at radius 2 is 1.70 bits per heavy atom. The Morgan fingerprint density at radius 1 is 1.07 bits per heavy atom. The quantitative estimate of drug-likeness (QED) is 0.778. The zero-order valence-corrected chi connectivity index (χ0v) is 15.8. The fraction of sp³-hybridized carbons (Fsp3) is 0.278. The van der Waals surface area contributed by atoms with Gasteiger partial charge in [-0.05, 0) is 63.2 Å². The predicted molar refractivity (Wildman–Crippen MR) is 97.5 cm³/mol. The third-order valence-corrected chi connectivity index (χ3v) is 4.94. The fourth-order valence-electron chi connectivity index (χ4n) is 2.19. The molecule has 0 aliphatic rings. The number of hydrogen-bond acceptors (Lipinski definition) is 4. The summed E-state index contributed by atoms with van der Waals surface area (Å²) in [5, 5.41) is 2.57. The average Bonchev–Trinajstić information content (AvgIpc) is 2.53. The van der Waals surface area contributed by atoms with Gasteiger partial charge in [0.25, 0.3) is 5.91 Å². The van der Waals surface area contributed by atoms with Crippen molar-refractivity contribution in [3.05, 3.63) is 54.1 Å². The number of carbonyl (C=O) groups is 1. The van der Waals surface area contributed by atoms with E-state index in [2.05, 4.69) is 14.8 Å². The highest BCUT2D eigenvalue weighted by atomic mass is 32.2. The maximum Gasteiger partial charge on any atom is 0.387 e. The molecule has 2 N–H and O–H groups in total. The largest absolute Gasteiger partial charge is 0.435 e. The molecule has 0 radical (unpaired) electrons. The zero-order chi connectivity index (χ0) is 20.2. The minimum absolute atomic E-state index is 0.0101. The van der Waals surface area contributed by atoms with Gasteiger partial charge in [0.2, 0.25) is 10.0 Å². The van der Waals surface area contributed by atoms with E-state index >= 15 is 0 Å². The molecule has 0 bridgehead atoms. The summed E-state index contributed by atoms with van der Waals surface area (Å²) in [4.78, 5) is 12.3. The van der Waals surface area contributed by atoms with Gasteiger partial charge in [0.1, 0.15) is 5.75 Å². The highest BCUT2D eigenvalue weighted by Gasteiger charge is 2.22. The summed E-state index contributed by atoms with van der Waals surface area (Å²) in [5.74, 6) is -0.583. The van der Waals surface area contributed by atoms with Gasteiger partial charge in [-0.3, -0.25) is 4.79 Å². The number of hydrogen-bond donors (Lipinski definition) is 2. The molecule has 146 valence electrons. The van der Waals surface area contributed by atoms with Crippen LogP contribution in [0, 0.1) is 0 Å². The second kappa shape index (κ2) is 8.01. The van der Waals surface area contributed by atoms with Crippen LogP contribution in [0.2, 0.25) is 0 Å². The van der Waals surface area contributed by atoms with Crippen LogP contribution < -0.4 is 14.8 Å². The van der Waals surface area contributed by atoms with Gasteiger partial charge in [0.05, 0.1) is 4.90 Å². The van der Waals surface area contributed by atoms with E-state index in [4.69, 9.17) is 0 Å². The smallest absolute Gasteiger partial charge is 0.387 e. The van der Waals surface area contributed by atoms with E-state index < -0.39 is 28.1 Å². The summed E-state index contributed by atoms with van der Waals surface area (Å²) >= 11 is 0. The summed E-state index contributed by atoms with van der Waals surface area (Å²) in [6.45, 7) is 2.21. The number of benzene rings is 2. The number of rotatable bonds is 6. The summed E-state index contributed by atoms with van der Waals surface area (Å²) in [7, 11) is -3.75. The molecule has 0 heterocycles. The van der Waals surface area contributed by atoms with E-state index in [1.807, 2.05) is 0 Å². The topological polar surface area (TPSA) is 84.5 Å². The second-order valence-electron chi connectivity index (χ2n) is 6.74. The molecule has 2 aromatic carbocycles. The summed E-state index contributed by atoms with van der Waals surface area (Å²) in [6.07, 6.45) is 0. The number of alkyl halides is 2. The third kappa shape index (κ3) is 6.30. The van der Waals surface area contributed by atoms with E-state index in [0.29, 0.717) is 0 Å². The SMILES string of the molecule is CC(C)(C)NS(=O)(=O)c1cccc(NC(=O)c2ccc(OC(F)F)cc2)c1. The standard InChI is InChI=1S/C18H20F2N2O4S/c1-18(2,3)22-27(24,25)15-6-4-5-13(11-15)21-16(23)12-7-9-14(10-8-12)26-17(19)20/h4-11,17,22H,1-3H3,(H,21,23). The zero-order valence-electron chi connectivity index (χ0n) is 15.0. The van der Waals surface area contributed by atoms with E-state index in [0.717, 1.165) is 0 Å². The molecule has 0 aromatic heterocycles. The van der Waals surface area contributed by atoms with Crippen LogP contribution in [0.1, 0.15) is 31.1 Å². The Hall–Kier alpha value is -2.52. The number of ether oxygens (including phenoxy) is 1. The molecule has 0 saturated heterocycles. The van der Waals surface area contributed by atoms with Gasteiger partial charge in [0.15, 0.2) is 0 Å². The molecule has 2 rings (SSSR count). The second-order valence-corrected chi connectivity index (χ2v) is 8.42. The Balaban J connectivity index is 2.15. The van der Waals surface area contributed by atoms with E-state index in [-0.39, 0.29) is 21.9 Å². The number of amides is 1. The molecule has 2 aromatic rings. The van der Waals surface area contributed by atoms with Crippen LogP contribution in [0.15, 0.2) is 53.4 Å². The van der Waals surface area contributed by atoms with E-state index in [1.54, 1.807) is 26.8 Å². The molecule has 9 heteroatoms. The van der Waals surface area contributed by atoms with Gasteiger partial charge in [-0.25, -0.2) is 13.1 Å². The van der Waals surface area contributed by atoms with Crippen LogP contribution in [0.25, 0.3) is 0 Å². The van der Waals surface area contributed by atoms with Crippen molar-refractivity contribution in [3.8, 4) is 5.75 Å². The van der Waals surface area contributed by atoms with Crippen LogP contribution in [0.5, 0.6) is 5.75 Å². The lowest BCUT2D eigenvalue weighted by molar-refractivity contribution is -0.0498. The lowest BCUT2D eigenvalue weighted by atomic mass is 10.1. The molecule has 0 fully saturated rings. The highest BCUT2D eigenvalue weighted by molar-refractivity contribution is 7.89. The number of anilines is 1. The number of nitrogens with one attached hydrogen (secondary N) is 2. The molecule has 0 aliphatic heterocycles. The normalized spacial score (nSPS) is 12.1. The minimum Gasteiger partial charge on any atom is -0.435 e. The molecule has 0 unspecified atom stereocenters. The Kier molecular flexibility index (Phi) is 6.17. The summed E-state index contributed by atoms with van der Waals surface area (Å²) in [6, 6.07) is 10.9. The van der Waals surface area contributed by atoms with Gasteiger partial charge in [-0.15, -0.1) is 0 Å². The molecule has 0 saturated carbocycles. The van der Waals surface area contributed by atoms with Crippen molar-refractivity contribution in [2.24, 2.45) is 0 Å². The first kappa shape index (κ1) is 20.8. The van der Waals surface area contributed by atoms with Gasteiger partial charge in [0, 0.05) is 16.8 Å². The van der Waals surface area contributed by atoms with Crippen molar-refractivity contribution in [2.45, 2.75) is 37.8 Å². The van der Waals surface area contributed by atoms with Crippen LogP contribution in [0.3, 0.4) is 0 Å². The molecule has 27 heavy (non-hydrogen) atoms. The predicted octanol–water partition coefficient (Wildman–Crippen LogP) is 3.62. The lowest BCUT2D eigenvalue weighted by Gasteiger charge is -2.20. The monoisotopic (exact) mass is 398 g/mol. The van der Waals surface area contributed by atoms with Gasteiger partial charge in [-0.2, -0.15) is 8.78 Å². The van der Waals surface area contributed by atoms with E-state index in [1.165, 1.54) is 42.5 Å². The number of sulfonamides is 1. The highest BCUT2D eigenvalue weighted by Crippen LogP contribution is 2.19. The van der Waals surface area contributed by atoms with Gasteiger partial charge < -0.3 is 10.1 Å². The van der Waals surface area contributed by atoms with Crippen LogP contribution in [-0.4, -0.2) is 26.5 Å². The van der Waals surface area contributed by atoms with Crippen LogP contribution in [-0.2, 0) is 10.0 Å². The maximum atomic E-state index is 12.4. The first-order chi connectivity index (χ1) is 12.5. The minimum atomic E-state index is -3.75. The molecule has 0 aliphatic carbocycles.